The Bertz CT molecular complexity index is 608. The van der Waals surface area contributed by atoms with E-state index in [4.69, 9.17) is 24.5 Å². The first kappa shape index (κ1) is 19.3. The molecular formula is C16H26BN3O5. The van der Waals surface area contributed by atoms with Crippen molar-refractivity contribution in [1.82, 2.24) is 10.3 Å². The first-order valence-corrected chi connectivity index (χ1v) is 8.24. The second kappa shape index (κ2) is 7.49. The summed E-state index contributed by atoms with van der Waals surface area (Å²) in [4.78, 5) is 15.2. The summed E-state index contributed by atoms with van der Waals surface area (Å²) in [5.41, 5.74) is 6.31. The fourth-order valence-electron chi connectivity index (χ4n) is 2.18. The summed E-state index contributed by atoms with van der Waals surface area (Å²) in [5.74, 6) is 0.334. The number of ether oxygens (including phenoxy) is 2. The van der Waals surface area contributed by atoms with E-state index in [9.17, 15) is 4.79 Å². The molecule has 0 unspecified atom stereocenters. The number of hydrogen-bond donors (Lipinski definition) is 2. The van der Waals surface area contributed by atoms with Crippen LogP contribution in [-0.2, 0) is 14.0 Å². The second-order valence-electron chi connectivity index (χ2n) is 6.84. The molecule has 8 nitrogen and oxygen atoms in total. The maximum absolute atomic E-state index is 10.9. The molecule has 0 aliphatic carbocycles. The minimum atomic E-state index is -0.519. The third kappa shape index (κ3) is 4.55. The van der Waals surface area contributed by atoms with Gasteiger partial charge in [0.05, 0.1) is 30.1 Å². The minimum Gasteiger partial charge on any atom is -0.476 e. The highest BCUT2D eigenvalue weighted by molar-refractivity contribution is 6.62. The lowest BCUT2D eigenvalue weighted by Gasteiger charge is -2.32. The van der Waals surface area contributed by atoms with Gasteiger partial charge in [0, 0.05) is 25.1 Å². The monoisotopic (exact) mass is 351 g/mol. The second-order valence-corrected chi connectivity index (χ2v) is 6.84. The molecule has 1 saturated heterocycles. The molecule has 25 heavy (non-hydrogen) atoms. The lowest BCUT2D eigenvalue weighted by molar-refractivity contribution is 0.00578. The average molecular weight is 351 g/mol. The van der Waals surface area contributed by atoms with Crippen molar-refractivity contribution in [2.45, 2.75) is 45.3 Å². The molecular weight excluding hydrogens is 325 g/mol. The van der Waals surface area contributed by atoms with Crippen LogP contribution in [-0.4, -0.2) is 49.7 Å². The van der Waals surface area contributed by atoms with Gasteiger partial charge in [-0.2, -0.15) is 0 Å². The van der Waals surface area contributed by atoms with Crippen molar-refractivity contribution in [3.05, 3.63) is 12.3 Å². The molecule has 1 amide bonds. The highest BCUT2D eigenvalue weighted by Crippen LogP contribution is 2.36. The van der Waals surface area contributed by atoms with E-state index in [0.29, 0.717) is 24.6 Å². The summed E-state index contributed by atoms with van der Waals surface area (Å²) in [5, 5.41) is 2.37. The number of alkyl carbamates (subject to hydrolysis) is 1. The zero-order valence-corrected chi connectivity index (χ0v) is 15.4. The van der Waals surface area contributed by atoms with Crippen LogP contribution in [0.15, 0.2) is 12.3 Å². The van der Waals surface area contributed by atoms with E-state index in [0.717, 1.165) is 5.46 Å². The van der Waals surface area contributed by atoms with E-state index in [-0.39, 0.29) is 6.61 Å². The van der Waals surface area contributed by atoms with Crippen molar-refractivity contribution in [3.8, 4) is 5.88 Å². The normalized spacial score (nSPS) is 18.0. The molecule has 138 valence electrons. The molecule has 2 rings (SSSR count). The molecule has 1 aliphatic heterocycles. The van der Waals surface area contributed by atoms with Gasteiger partial charge < -0.3 is 29.8 Å². The predicted octanol–water partition coefficient (Wildman–Crippen LogP) is 1.09. The largest absolute Gasteiger partial charge is 0.496 e. The minimum absolute atomic E-state index is 0.256. The topological polar surface area (TPSA) is 105 Å². The Balaban J connectivity index is 1.90. The van der Waals surface area contributed by atoms with Gasteiger partial charge in [0.1, 0.15) is 0 Å². The van der Waals surface area contributed by atoms with Gasteiger partial charge in [0.2, 0.25) is 5.88 Å². The molecule has 3 N–H and O–H groups in total. The first-order chi connectivity index (χ1) is 11.7. The van der Waals surface area contributed by atoms with Gasteiger partial charge in [-0.1, -0.05) is 0 Å². The molecule has 1 aromatic rings. The molecule has 0 atom stereocenters. The van der Waals surface area contributed by atoms with Crippen molar-refractivity contribution in [2.75, 3.05) is 26.0 Å². The number of carbonyl (C=O) groups is 1. The van der Waals surface area contributed by atoms with Gasteiger partial charge in [-0.05, 0) is 33.8 Å². The molecule has 2 heterocycles. The highest BCUT2D eigenvalue weighted by atomic mass is 16.7. The van der Waals surface area contributed by atoms with Crippen LogP contribution < -0.4 is 21.3 Å². The van der Waals surface area contributed by atoms with Crippen molar-refractivity contribution >= 4 is 24.4 Å². The fourth-order valence-corrected chi connectivity index (χ4v) is 2.18. The molecule has 0 aromatic carbocycles. The van der Waals surface area contributed by atoms with Crippen molar-refractivity contribution in [3.63, 3.8) is 0 Å². The van der Waals surface area contributed by atoms with Gasteiger partial charge in [-0.25, -0.2) is 9.78 Å². The van der Waals surface area contributed by atoms with Gasteiger partial charge in [0.25, 0.3) is 0 Å². The summed E-state index contributed by atoms with van der Waals surface area (Å²) in [7, 11) is 0.986. The molecule has 0 saturated carbocycles. The lowest BCUT2D eigenvalue weighted by atomic mass is 9.80. The van der Waals surface area contributed by atoms with Crippen LogP contribution in [0, 0.1) is 0 Å². The van der Waals surface area contributed by atoms with E-state index >= 15 is 0 Å². The van der Waals surface area contributed by atoms with Crippen LogP contribution in [0.1, 0.15) is 34.1 Å². The summed E-state index contributed by atoms with van der Waals surface area (Å²) >= 11 is 0. The standard InChI is InChI=1S/C16H26BN3O5/c1-15(2)16(3,4)25-17(24-15)11-9-12(18)13(20-10-11)22-7-6-8-23-14(21)19-5/h9-10H,6-8,18H2,1-5H3,(H,19,21). The summed E-state index contributed by atoms with van der Waals surface area (Å²) in [6.07, 6.45) is 1.70. The molecule has 1 aliphatic rings. The summed E-state index contributed by atoms with van der Waals surface area (Å²) in [6.45, 7) is 8.55. The fraction of sp³-hybridized carbons (Fsp3) is 0.625. The maximum atomic E-state index is 10.9. The number of carbonyl (C=O) groups excluding carboxylic acids is 1. The highest BCUT2D eigenvalue weighted by Gasteiger charge is 2.51. The molecule has 1 aromatic heterocycles. The molecule has 9 heteroatoms. The van der Waals surface area contributed by atoms with E-state index in [2.05, 4.69) is 10.3 Å². The number of nitrogens with one attached hydrogen (secondary N) is 1. The van der Waals surface area contributed by atoms with Crippen molar-refractivity contribution < 1.29 is 23.6 Å². The number of anilines is 1. The van der Waals surface area contributed by atoms with Gasteiger partial charge in [-0.3, -0.25) is 0 Å². The molecule has 1 fully saturated rings. The number of nitrogen functional groups attached to an aromatic ring is 1. The summed E-state index contributed by atoms with van der Waals surface area (Å²) < 4.78 is 22.3. The number of amides is 1. The van der Waals surface area contributed by atoms with Gasteiger partial charge in [0.15, 0.2) is 0 Å². The Morgan fingerprint density at radius 2 is 1.92 bits per heavy atom. The summed E-state index contributed by atoms with van der Waals surface area (Å²) in [6, 6.07) is 1.74. The Morgan fingerprint density at radius 1 is 1.28 bits per heavy atom. The number of pyridine rings is 1. The Labute approximate surface area is 148 Å². The Kier molecular flexibility index (Phi) is 5.79. The van der Waals surface area contributed by atoms with E-state index in [1.807, 2.05) is 27.7 Å². The number of aromatic nitrogens is 1. The number of rotatable bonds is 6. The number of nitrogens with two attached hydrogens (primary N) is 1. The molecule has 0 radical (unpaired) electrons. The van der Waals surface area contributed by atoms with Crippen molar-refractivity contribution in [2.24, 2.45) is 0 Å². The van der Waals surface area contributed by atoms with Crippen molar-refractivity contribution in [1.29, 1.82) is 0 Å². The van der Waals surface area contributed by atoms with Crippen LogP contribution in [0.4, 0.5) is 10.5 Å². The first-order valence-electron chi connectivity index (χ1n) is 8.24. The Morgan fingerprint density at radius 3 is 2.48 bits per heavy atom. The van der Waals surface area contributed by atoms with Crippen LogP contribution in [0.5, 0.6) is 5.88 Å². The SMILES string of the molecule is CNC(=O)OCCCOc1ncc(B2OC(C)(C)C(C)(C)O2)cc1N. The predicted molar refractivity (Wildman–Crippen MR) is 94.9 cm³/mol. The number of hydrogen-bond acceptors (Lipinski definition) is 7. The van der Waals surface area contributed by atoms with Crippen LogP contribution >= 0.6 is 0 Å². The molecule has 0 spiro atoms. The quantitative estimate of drug-likeness (QED) is 0.584. The van der Waals surface area contributed by atoms with Crippen LogP contribution in [0.3, 0.4) is 0 Å². The smallest absolute Gasteiger partial charge is 0.476 e. The van der Waals surface area contributed by atoms with Crippen LogP contribution in [0.25, 0.3) is 0 Å². The van der Waals surface area contributed by atoms with Gasteiger partial charge >= 0.3 is 13.2 Å². The third-order valence-electron chi connectivity index (χ3n) is 4.39. The lowest BCUT2D eigenvalue weighted by Crippen LogP contribution is -2.41. The third-order valence-corrected chi connectivity index (χ3v) is 4.39. The number of nitrogens with zero attached hydrogens (tertiary/aromatic N) is 1. The zero-order valence-electron chi connectivity index (χ0n) is 15.4. The van der Waals surface area contributed by atoms with E-state index in [1.165, 1.54) is 7.05 Å². The average Bonchev–Trinajstić information content (AvgIpc) is 2.76. The maximum Gasteiger partial charge on any atom is 0.496 e. The van der Waals surface area contributed by atoms with Crippen LogP contribution in [0.2, 0.25) is 0 Å². The molecule has 0 bridgehead atoms. The Hall–Kier alpha value is -2.00. The van der Waals surface area contributed by atoms with E-state index in [1.54, 1.807) is 12.3 Å². The van der Waals surface area contributed by atoms with E-state index < -0.39 is 24.4 Å². The van der Waals surface area contributed by atoms with Gasteiger partial charge in [-0.15, -0.1) is 0 Å². The zero-order chi connectivity index (χ0) is 18.7.